The Bertz CT molecular complexity index is 330. The lowest BCUT2D eigenvalue weighted by Crippen LogP contribution is -1.96. The number of hydrogen-bond donors (Lipinski definition) is 2. The van der Waals surface area contributed by atoms with Crippen LogP contribution >= 0.6 is 0 Å². The third-order valence-electron chi connectivity index (χ3n) is 2.62. The summed E-state index contributed by atoms with van der Waals surface area (Å²) in [5, 5.41) is 19.0. The van der Waals surface area contributed by atoms with E-state index in [0.717, 1.165) is 30.4 Å². The summed E-state index contributed by atoms with van der Waals surface area (Å²) in [7, 11) is 0. The molecule has 0 aromatic heterocycles. The van der Waals surface area contributed by atoms with Gasteiger partial charge in [-0.2, -0.15) is 0 Å². The average Bonchev–Trinajstić information content (AvgIpc) is 2.16. The van der Waals surface area contributed by atoms with Crippen molar-refractivity contribution < 1.29 is 10.2 Å². The average molecular weight is 194 g/mol. The van der Waals surface area contributed by atoms with Gasteiger partial charge in [-0.1, -0.05) is 20.3 Å². The number of hydrogen-bond acceptors (Lipinski definition) is 2. The minimum absolute atomic E-state index is 0.00292. The fourth-order valence-corrected chi connectivity index (χ4v) is 1.88. The largest absolute Gasteiger partial charge is 0.504 e. The lowest BCUT2D eigenvalue weighted by atomic mass is 9.95. The molecule has 2 N–H and O–H groups in total. The molecule has 0 radical (unpaired) electrons. The third-order valence-corrected chi connectivity index (χ3v) is 2.62. The van der Waals surface area contributed by atoms with Crippen molar-refractivity contribution in [2.24, 2.45) is 0 Å². The zero-order valence-electron chi connectivity index (χ0n) is 9.09. The Morgan fingerprint density at radius 3 is 2.36 bits per heavy atom. The molecule has 0 saturated heterocycles. The van der Waals surface area contributed by atoms with Gasteiger partial charge in [-0.25, -0.2) is 0 Å². The van der Waals surface area contributed by atoms with Gasteiger partial charge in [-0.3, -0.25) is 0 Å². The van der Waals surface area contributed by atoms with Crippen molar-refractivity contribution in [3.63, 3.8) is 0 Å². The van der Waals surface area contributed by atoms with Gasteiger partial charge < -0.3 is 10.2 Å². The van der Waals surface area contributed by atoms with Gasteiger partial charge in [0.25, 0.3) is 0 Å². The topological polar surface area (TPSA) is 40.5 Å². The van der Waals surface area contributed by atoms with E-state index in [4.69, 9.17) is 0 Å². The van der Waals surface area contributed by atoms with E-state index in [-0.39, 0.29) is 11.5 Å². The zero-order valence-corrected chi connectivity index (χ0v) is 9.09. The lowest BCUT2D eigenvalue weighted by Gasteiger charge is -2.13. The van der Waals surface area contributed by atoms with E-state index < -0.39 is 0 Å². The van der Waals surface area contributed by atoms with Crippen molar-refractivity contribution in [1.82, 2.24) is 0 Å². The van der Waals surface area contributed by atoms with Crippen molar-refractivity contribution in [1.29, 1.82) is 0 Å². The van der Waals surface area contributed by atoms with E-state index in [1.54, 1.807) is 6.07 Å². The monoisotopic (exact) mass is 194 g/mol. The molecule has 0 atom stereocenters. The number of phenolic OH excluding ortho intramolecular Hbond substituents is 2. The summed E-state index contributed by atoms with van der Waals surface area (Å²) in [6, 6.07) is 1.69. The standard InChI is InChI=1S/C12H18O2/c1-4-6-9-7-11(13)12(14)8(3)10(9)5-2/h7,13-14H,4-6H2,1-3H3. The minimum atomic E-state index is 0.00292. The molecule has 0 fully saturated rings. The lowest BCUT2D eigenvalue weighted by molar-refractivity contribution is 0.399. The molecular weight excluding hydrogens is 176 g/mol. The molecule has 14 heavy (non-hydrogen) atoms. The Hall–Kier alpha value is -1.18. The van der Waals surface area contributed by atoms with Gasteiger partial charge in [0.15, 0.2) is 11.5 Å². The molecule has 2 heteroatoms. The fraction of sp³-hybridized carbons (Fsp3) is 0.500. The Labute approximate surface area is 85.2 Å². The smallest absolute Gasteiger partial charge is 0.160 e. The molecule has 0 aliphatic rings. The van der Waals surface area contributed by atoms with Crippen LogP contribution in [-0.4, -0.2) is 10.2 Å². The van der Waals surface area contributed by atoms with Crippen LogP contribution in [0.15, 0.2) is 6.07 Å². The fourth-order valence-electron chi connectivity index (χ4n) is 1.88. The second kappa shape index (κ2) is 4.36. The molecule has 0 heterocycles. The molecule has 1 aromatic carbocycles. The van der Waals surface area contributed by atoms with Crippen LogP contribution < -0.4 is 0 Å². The van der Waals surface area contributed by atoms with E-state index in [2.05, 4.69) is 13.8 Å². The first-order valence-electron chi connectivity index (χ1n) is 5.15. The molecule has 0 amide bonds. The van der Waals surface area contributed by atoms with E-state index in [1.807, 2.05) is 6.92 Å². The van der Waals surface area contributed by atoms with E-state index >= 15 is 0 Å². The molecule has 2 nitrogen and oxygen atoms in total. The molecule has 0 unspecified atom stereocenters. The molecule has 0 saturated carbocycles. The maximum Gasteiger partial charge on any atom is 0.160 e. The molecular formula is C12H18O2. The maximum atomic E-state index is 9.56. The first-order valence-corrected chi connectivity index (χ1v) is 5.15. The second-order valence-electron chi connectivity index (χ2n) is 3.61. The van der Waals surface area contributed by atoms with Crippen molar-refractivity contribution in [2.75, 3.05) is 0 Å². The summed E-state index contributed by atoms with van der Waals surface area (Å²) < 4.78 is 0. The number of benzene rings is 1. The van der Waals surface area contributed by atoms with E-state index in [0.29, 0.717) is 0 Å². The van der Waals surface area contributed by atoms with Crippen molar-refractivity contribution >= 4 is 0 Å². The zero-order chi connectivity index (χ0) is 10.7. The van der Waals surface area contributed by atoms with Crippen molar-refractivity contribution in [3.05, 3.63) is 22.8 Å². The summed E-state index contributed by atoms with van der Waals surface area (Å²) in [5.41, 5.74) is 3.14. The first-order chi connectivity index (χ1) is 6.61. The number of rotatable bonds is 3. The highest BCUT2D eigenvalue weighted by molar-refractivity contribution is 5.52. The quantitative estimate of drug-likeness (QED) is 0.726. The number of aromatic hydroxyl groups is 2. The SMILES string of the molecule is CCCc1cc(O)c(O)c(C)c1CC. The molecule has 1 rings (SSSR count). The van der Waals surface area contributed by atoms with Crippen LogP contribution in [0, 0.1) is 6.92 Å². The summed E-state index contributed by atoms with van der Waals surface area (Å²) in [4.78, 5) is 0. The second-order valence-corrected chi connectivity index (χ2v) is 3.61. The van der Waals surface area contributed by atoms with E-state index in [9.17, 15) is 10.2 Å². The Morgan fingerprint density at radius 1 is 1.21 bits per heavy atom. The molecule has 0 aliphatic carbocycles. The van der Waals surface area contributed by atoms with Gasteiger partial charge >= 0.3 is 0 Å². The third kappa shape index (κ3) is 1.84. The normalized spacial score (nSPS) is 10.5. The Kier molecular flexibility index (Phi) is 3.39. The summed E-state index contributed by atoms with van der Waals surface area (Å²) in [5.74, 6) is 0.0323. The van der Waals surface area contributed by atoms with Gasteiger partial charge in [0, 0.05) is 0 Å². The predicted molar refractivity (Wildman–Crippen MR) is 57.9 cm³/mol. The highest BCUT2D eigenvalue weighted by Crippen LogP contribution is 2.34. The van der Waals surface area contributed by atoms with Crippen LogP contribution in [0.25, 0.3) is 0 Å². The van der Waals surface area contributed by atoms with Gasteiger partial charge in [0.2, 0.25) is 0 Å². The van der Waals surface area contributed by atoms with Gasteiger partial charge in [-0.15, -0.1) is 0 Å². The van der Waals surface area contributed by atoms with Gasteiger partial charge in [-0.05, 0) is 42.5 Å². The number of phenols is 2. The van der Waals surface area contributed by atoms with E-state index in [1.165, 1.54) is 5.56 Å². The summed E-state index contributed by atoms with van der Waals surface area (Å²) >= 11 is 0. The molecule has 0 bridgehead atoms. The van der Waals surface area contributed by atoms with Crippen molar-refractivity contribution in [2.45, 2.75) is 40.0 Å². The summed E-state index contributed by atoms with van der Waals surface area (Å²) in [6.45, 7) is 6.03. The van der Waals surface area contributed by atoms with Crippen molar-refractivity contribution in [3.8, 4) is 11.5 Å². The maximum absolute atomic E-state index is 9.56. The molecule has 0 spiro atoms. The van der Waals surface area contributed by atoms with Crippen LogP contribution in [0.5, 0.6) is 11.5 Å². The highest BCUT2D eigenvalue weighted by atomic mass is 16.3. The highest BCUT2D eigenvalue weighted by Gasteiger charge is 2.11. The minimum Gasteiger partial charge on any atom is -0.504 e. The number of aryl methyl sites for hydroxylation is 1. The van der Waals surface area contributed by atoms with Crippen LogP contribution in [0.1, 0.15) is 37.0 Å². The van der Waals surface area contributed by atoms with Gasteiger partial charge in [0.1, 0.15) is 0 Å². The first kappa shape index (κ1) is 10.9. The molecule has 78 valence electrons. The van der Waals surface area contributed by atoms with Crippen LogP contribution in [-0.2, 0) is 12.8 Å². The Morgan fingerprint density at radius 2 is 1.86 bits per heavy atom. The molecule has 1 aromatic rings. The predicted octanol–water partition coefficient (Wildman–Crippen LogP) is 2.92. The van der Waals surface area contributed by atoms with Gasteiger partial charge in [0.05, 0.1) is 0 Å². The van der Waals surface area contributed by atoms with Crippen LogP contribution in [0.4, 0.5) is 0 Å². The Balaban J connectivity index is 3.28. The summed E-state index contributed by atoms with van der Waals surface area (Å²) in [6.07, 6.45) is 2.91. The van der Waals surface area contributed by atoms with Crippen LogP contribution in [0.3, 0.4) is 0 Å². The molecule has 0 aliphatic heterocycles. The van der Waals surface area contributed by atoms with Crippen LogP contribution in [0.2, 0.25) is 0 Å².